The second kappa shape index (κ2) is 6.89. The Morgan fingerprint density at radius 3 is 2.74 bits per heavy atom. The molecule has 0 aliphatic carbocycles. The number of ether oxygens (including phenoxy) is 1. The molecule has 0 radical (unpaired) electrons. The van der Waals surface area contributed by atoms with E-state index in [0.29, 0.717) is 30.8 Å². The SMILES string of the molecule is O=C(C(O)c1ccccc1)N1CCOC(c2cccc(F)c2)C1. The normalized spacial score (nSPS) is 19.4. The van der Waals surface area contributed by atoms with E-state index in [9.17, 15) is 14.3 Å². The Labute approximate surface area is 134 Å². The monoisotopic (exact) mass is 315 g/mol. The van der Waals surface area contributed by atoms with Crippen LogP contribution >= 0.6 is 0 Å². The largest absolute Gasteiger partial charge is 0.378 e. The summed E-state index contributed by atoms with van der Waals surface area (Å²) in [7, 11) is 0. The Balaban J connectivity index is 1.72. The van der Waals surface area contributed by atoms with Crippen molar-refractivity contribution in [1.29, 1.82) is 0 Å². The molecule has 1 N–H and O–H groups in total. The number of benzene rings is 2. The van der Waals surface area contributed by atoms with Gasteiger partial charge in [-0.2, -0.15) is 0 Å². The Hall–Kier alpha value is -2.24. The third-order valence-electron chi connectivity index (χ3n) is 3.95. The first kappa shape index (κ1) is 15.6. The van der Waals surface area contributed by atoms with Crippen LogP contribution < -0.4 is 0 Å². The summed E-state index contributed by atoms with van der Waals surface area (Å²) in [5.41, 5.74) is 1.25. The highest BCUT2D eigenvalue weighted by atomic mass is 19.1. The zero-order valence-electron chi connectivity index (χ0n) is 12.6. The zero-order valence-corrected chi connectivity index (χ0v) is 12.6. The molecule has 2 atom stereocenters. The van der Waals surface area contributed by atoms with Crippen LogP contribution in [0.15, 0.2) is 54.6 Å². The van der Waals surface area contributed by atoms with Gasteiger partial charge in [0.05, 0.1) is 13.2 Å². The van der Waals surface area contributed by atoms with Crippen molar-refractivity contribution >= 4 is 5.91 Å². The van der Waals surface area contributed by atoms with Gasteiger partial charge in [0.1, 0.15) is 11.9 Å². The molecule has 0 saturated carbocycles. The van der Waals surface area contributed by atoms with E-state index >= 15 is 0 Å². The number of halogens is 1. The minimum atomic E-state index is -1.19. The fourth-order valence-corrected chi connectivity index (χ4v) is 2.71. The maximum Gasteiger partial charge on any atom is 0.256 e. The highest BCUT2D eigenvalue weighted by Crippen LogP contribution is 2.25. The predicted octanol–water partition coefficient (Wildman–Crippen LogP) is 2.46. The molecule has 5 heteroatoms. The van der Waals surface area contributed by atoms with Crippen molar-refractivity contribution in [2.45, 2.75) is 12.2 Å². The lowest BCUT2D eigenvalue weighted by Gasteiger charge is -2.34. The number of rotatable bonds is 3. The van der Waals surface area contributed by atoms with Crippen molar-refractivity contribution < 1.29 is 19.0 Å². The van der Waals surface area contributed by atoms with E-state index < -0.39 is 6.10 Å². The van der Waals surface area contributed by atoms with Gasteiger partial charge >= 0.3 is 0 Å². The number of nitrogens with zero attached hydrogens (tertiary/aromatic N) is 1. The molecular weight excluding hydrogens is 297 g/mol. The third-order valence-corrected chi connectivity index (χ3v) is 3.95. The summed E-state index contributed by atoms with van der Waals surface area (Å²) >= 11 is 0. The smallest absolute Gasteiger partial charge is 0.256 e. The average Bonchev–Trinajstić information content (AvgIpc) is 2.61. The number of aliphatic hydroxyl groups excluding tert-OH is 1. The molecule has 2 unspecified atom stereocenters. The first-order chi connectivity index (χ1) is 11.1. The van der Waals surface area contributed by atoms with Crippen LogP contribution in [0.1, 0.15) is 23.3 Å². The van der Waals surface area contributed by atoms with Crippen LogP contribution in [0.4, 0.5) is 4.39 Å². The molecule has 1 aliphatic heterocycles. The number of amides is 1. The maximum absolute atomic E-state index is 13.4. The quantitative estimate of drug-likeness (QED) is 0.946. The lowest BCUT2D eigenvalue weighted by Crippen LogP contribution is -2.44. The van der Waals surface area contributed by atoms with Gasteiger partial charge in [-0.1, -0.05) is 42.5 Å². The molecule has 1 amide bonds. The van der Waals surface area contributed by atoms with Gasteiger partial charge in [0, 0.05) is 6.54 Å². The van der Waals surface area contributed by atoms with Crippen LogP contribution in [-0.4, -0.2) is 35.6 Å². The molecule has 2 aromatic rings. The highest BCUT2D eigenvalue weighted by Gasteiger charge is 2.29. The molecule has 0 spiro atoms. The van der Waals surface area contributed by atoms with Gasteiger partial charge in [-0.05, 0) is 23.3 Å². The summed E-state index contributed by atoms with van der Waals surface area (Å²) in [4.78, 5) is 14.1. The molecule has 1 heterocycles. The van der Waals surface area contributed by atoms with E-state index in [1.54, 1.807) is 41.3 Å². The number of morpholine rings is 1. The van der Waals surface area contributed by atoms with Crippen molar-refractivity contribution in [2.24, 2.45) is 0 Å². The Bertz CT molecular complexity index is 677. The van der Waals surface area contributed by atoms with Gasteiger partial charge in [0.2, 0.25) is 0 Å². The molecule has 2 aromatic carbocycles. The van der Waals surface area contributed by atoms with Gasteiger partial charge in [0.25, 0.3) is 5.91 Å². The van der Waals surface area contributed by atoms with E-state index in [-0.39, 0.29) is 17.8 Å². The lowest BCUT2D eigenvalue weighted by molar-refractivity contribution is -0.148. The average molecular weight is 315 g/mol. The molecule has 0 bridgehead atoms. The number of carbonyl (C=O) groups is 1. The number of aliphatic hydroxyl groups is 1. The van der Waals surface area contributed by atoms with Crippen LogP contribution in [0.3, 0.4) is 0 Å². The Kier molecular flexibility index (Phi) is 4.69. The van der Waals surface area contributed by atoms with Crippen LogP contribution in [0.5, 0.6) is 0 Å². The van der Waals surface area contributed by atoms with Crippen LogP contribution in [0, 0.1) is 5.82 Å². The second-order valence-electron chi connectivity index (χ2n) is 5.51. The highest BCUT2D eigenvalue weighted by molar-refractivity contribution is 5.82. The molecule has 1 aliphatic rings. The first-order valence-corrected chi connectivity index (χ1v) is 7.54. The third kappa shape index (κ3) is 3.57. The summed E-state index contributed by atoms with van der Waals surface area (Å²) in [5, 5.41) is 10.3. The summed E-state index contributed by atoms with van der Waals surface area (Å²) in [6, 6.07) is 15.0. The van der Waals surface area contributed by atoms with Crippen molar-refractivity contribution in [3.8, 4) is 0 Å². The van der Waals surface area contributed by atoms with E-state index in [4.69, 9.17) is 4.74 Å². The Morgan fingerprint density at radius 2 is 2.00 bits per heavy atom. The fraction of sp³-hybridized carbons (Fsp3) is 0.278. The number of hydrogen-bond donors (Lipinski definition) is 1. The van der Waals surface area contributed by atoms with Gasteiger partial charge in [-0.3, -0.25) is 4.79 Å². The van der Waals surface area contributed by atoms with Crippen LogP contribution in [-0.2, 0) is 9.53 Å². The fourth-order valence-electron chi connectivity index (χ4n) is 2.71. The molecule has 120 valence electrons. The molecule has 23 heavy (non-hydrogen) atoms. The van der Waals surface area contributed by atoms with Crippen molar-refractivity contribution in [2.75, 3.05) is 19.7 Å². The maximum atomic E-state index is 13.4. The van der Waals surface area contributed by atoms with Gasteiger partial charge < -0.3 is 14.7 Å². The van der Waals surface area contributed by atoms with Gasteiger partial charge in [-0.15, -0.1) is 0 Å². The zero-order chi connectivity index (χ0) is 16.2. The van der Waals surface area contributed by atoms with Gasteiger partial charge in [-0.25, -0.2) is 4.39 Å². The topological polar surface area (TPSA) is 49.8 Å². The van der Waals surface area contributed by atoms with E-state index in [2.05, 4.69) is 0 Å². The minimum Gasteiger partial charge on any atom is -0.378 e. The van der Waals surface area contributed by atoms with Crippen molar-refractivity contribution in [3.63, 3.8) is 0 Å². The Morgan fingerprint density at radius 1 is 1.22 bits per heavy atom. The standard InChI is InChI=1S/C18H18FNO3/c19-15-8-4-7-14(11-15)16-12-20(9-10-23-16)18(22)17(21)13-5-2-1-3-6-13/h1-8,11,16-17,21H,9-10,12H2. The number of hydrogen-bond acceptors (Lipinski definition) is 3. The van der Waals surface area contributed by atoms with Crippen molar-refractivity contribution in [3.05, 3.63) is 71.5 Å². The van der Waals surface area contributed by atoms with E-state index in [1.807, 2.05) is 6.07 Å². The van der Waals surface area contributed by atoms with E-state index in [1.165, 1.54) is 12.1 Å². The number of carbonyl (C=O) groups excluding carboxylic acids is 1. The molecule has 1 saturated heterocycles. The summed E-state index contributed by atoms with van der Waals surface area (Å²) in [6.45, 7) is 1.06. The summed E-state index contributed by atoms with van der Waals surface area (Å²) in [6.07, 6.45) is -1.58. The van der Waals surface area contributed by atoms with Crippen molar-refractivity contribution in [1.82, 2.24) is 4.90 Å². The molecule has 4 nitrogen and oxygen atoms in total. The summed E-state index contributed by atoms with van der Waals surface area (Å²) in [5.74, 6) is -0.695. The van der Waals surface area contributed by atoms with Crippen LogP contribution in [0.25, 0.3) is 0 Å². The molecule has 0 aromatic heterocycles. The molecular formula is C18H18FNO3. The first-order valence-electron chi connectivity index (χ1n) is 7.54. The predicted molar refractivity (Wildman–Crippen MR) is 83.1 cm³/mol. The van der Waals surface area contributed by atoms with Gasteiger partial charge in [0.15, 0.2) is 6.10 Å². The molecule has 3 rings (SSSR count). The van der Waals surface area contributed by atoms with E-state index in [0.717, 1.165) is 0 Å². The molecule has 1 fully saturated rings. The lowest BCUT2D eigenvalue weighted by atomic mass is 10.1. The van der Waals surface area contributed by atoms with Crippen LogP contribution in [0.2, 0.25) is 0 Å². The second-order valence-corrected chi connectivity index (χ2v) is 5.51. The summed E-state index contributed by atoms with van der Waals surface area (Å²) < 4.78 is 19.0. The minimum absolute atomic E-state index is 0.298.